The zero-order chi connectivity index (χ0) is 23.0. The molecule has 4 N–H and O–H groups in total. The molecule has 162 valence electrons. The van der Waals surface area contributed by atoms with E-state index >= 15 is 0 Å². The molecule has 0 fully saturated rings. The molecule has 3 amide bonds. The lowest BCUT2D eigenvalue weighted by Crippen LogP contribution is -2.24. The number of carbonyl (C=O) groups is 3. The summed E-state index contributed by atoms with van der Waals surface area (Å²) in [4.78, 5) is 49.3. The minimum atomic E-state index is -0.682. The molecule has 0 bridgehead atoms. The number of nitrogens with zero attached hydrogens (tertiary/aromatic N) is 1. The fraction of sp³-hybridized carbons (Fsp3) is 0.0909. The number of anilines is 2. The molecule has 0 unspecified atom stereocenters. The molecule has 3 aromatic rings. The van der Waals surface area contributed by atoms with E-state index in [1.807, 2.05) is 0 Å². The maximum atomic E-state index is 12.8. The van der Waals surface area contributed by atoms with Gasteiger partial charge in [0.25, 0.3) is 23.3 Å². The summed E-state index contributed by atoms with van der Waals surface area (Å²) in [5, 5.41) is 4.85. The van der Waals surface area contributed by atoms with Gasteiger partial charge in [-0.2, -0.15) is 0 Å². The van der Waals surface area contributed by atoms with E-state index in [1.165, 1.54) is 20.3 Å². The molecule has 10 heteroatoms. The molecule has 0 atom stereocenters. The zero-order valence-electron chi connectivity index (χ0n) is 17.1. The smallest absolute Gasteiger partial charge is 0.262 e. The summed E-state index contributed by atoms with van der Waals surface area (Å²) < 4.78 is 11.5. The van der Waals surface area contributed by atoms with Crippen LogP contribution in [0.2, 0.25) is 0 Å². The van der Waals surface area contributed by atoms with Crippen molar-refractivity contribution >= 4 is 29.2 Å². The molecule has 0 aliphatic carbocycles. The maximum Gasteiger partial charge on any atom is 0.262 e. The lowest BCUT2D eigenvalue weighted by Gasteiger charge is -2.13. The third-order valence-corrected chi connectivity index (χ3v) is 4.96. The van der Waals surface area contributed by atoms with E-state index in [4.69, 9.17) is 15.2 Å². The minimum absolute atomic E-state index is 0.0731. The molecule has 32 heavy (non-hydrogen) atoms. The number of ether oxygens (including phenoxy) is 2. The maximum absolute atomic E-state index is 12.8. The second kappa shape index (κ2) is 7.91. The standard InChI is InChI=1S/C22H18N4O6/c1-31-15-7-6-12(9-16(15)32-2)24-20(28)11-4-3-5-13(8-11)26-17(27)10-14-18(19(26)23)22(30)25-21(14)29/h3-10H,23H2,1-2H3,(H,24,28)(H,25,29,30). The van der Waals surface area contributed by atoms with Crippen molar-refractivity contribution in [3.63, 3.8) is 0 Å². The summed E-state index contributed by atoms with van der Waals surface area (Å²) in [6, 6.07) is 12.1. The van der Waals surface area contributed by atoms with Gasteiger partial charge in [0.2, 0.25) is 0 Å². The monoisotopic (exact) mass is 434 g/mol. The molecule has 0 saturated heterocycles. The van der Waals surface area contributed by atoms with Crippen LogP contribution in [-0.2, 0) is 0 Å². The van der Waals surface area contributed by atoms with Crippen molar-refractivity contribution in [3.8, 4) is 17.2 Å². The number of rotatable bonds is 5. The predicted molar refractivity (Wildman–Crippen MR) is 116 cm³/mol. The van der Waals surface area contributed by atoms with Gasteiger partial charge in [-0.25, -0.2) is 0 Å². The number of hydrogen-bond acceptors (Lipinski definition) is 7. The van der Waals surface area contributed by atoms with Gasteiger partial charge in [0.05, 0.1) is 31.0 Å². The number of methoxy groups -OCH3 is 2. The summed E-state index contributed by atoms with van der Waals surface area (Å²) >= 11 is 0. The highest BCUT2D eigenvalue weighted by molar-refractivity contribution is 6.23. The first-order valence-corrected chi connectivity index (χ1v) is 9.39. The second-order valence-corrected chi connectivity index (χ2v) is 6.85. The Bertz CT molecular complexity index is 1340. The SMILES string of the molecule is COc1ccc(NC(=O)c2cccc(-n3c(N)c4c(cc3=O)C(=O)NC4=O)c2)cc1OC. The number of aromatic nitrogens is 1. The van der Waals surface area contributed by atoms with Crippen LogP contribution in [0.3, 0.4) is 0 Å². The third-order valence-electron chi connectivity index (χ3n) is 4.96. The molecule has 0 spiro atoms. The molecule has 0 radical (unpaired) electrons. The Kier molecular flexibility index (Phi) is 5.11. The zero-order valence-corrected chi connectivity index (χ0v) is 17.1. The van der Waals surface area contributed by atoms with Crippen molar-refractivity contribution in [3.05, 3.63) is 75.6 Å². The largest absolute Gasteiger partial charge is 0.493 e. The topological polar surface area (TPSA) is 142 Å². The number of pyridine rings is 1. The van der Waals surface area contributed by atoms with Crippen molar-refractivity contribution in [2.45, 2.75) is 0 Å². The van der Waals surface area contributed by atoms with E-state index in [0.717, 1.165) is 10.6 Å². The number of hydrogen-bond donors (Lipinski definition) is 3. The molecular weight excluding hydrogens is 416 g/mol. The molecule has 1 aliphatic rings. The Morgan fingerprint density at radius 2 is 1.72 bits per heavy atom. The lowest BCUT2D eigenvalue weighted by molar-refractivity contribution is 0.0879. The second-order valence-electron chi connectivity index (χ2n) is 6.85. The van der Waals surface area contributed by atoms with Gasteiger partial charge >= 0.3 is 0 Å². The Hall–Kier alpha value is -4.60. The number of amides is 3. The van der Waals surface area contributed by atoms with Gasteiger partial charge in [0.1, 0.15) is 5.82 Å². The van der Waals surface area contributed by atoms with E-state index in [2.05, 4.69) is 10.6 Å². The molecule has 2 aromatic carbocycles. The number of nitrogen functional groups attached to an aromatic ring is 1. The highest BCUT2D eigenvalue weighted by Crippen LogP contribution is 2.30. The Morgan fingerprint density at radius 3 is 2.44 bits per heavy atom. The van der Waals surface area contributed by atoms with Crippen molar-refractivity contribution in [1.82, 2.24) is 9.88 Å². The average molecular weight is 434 g/mol. The van der Waals surface area contributed by atoms with Crippen LogP contribution >= 0.6 is 0 Å². The highest BCUT2D eigenvalue weighted by atomic mass is 16.5. The van der Waals surface area contributed by atoms with Crippen molar-refractivity contribution < 1.29 is 23.9 Å². The fourth-order valence-electron chi connectivity index (χ4n) is 3.45. The van der Waals surface area contributed by atoms with Gasteiger partial charge in [-0.05, 0) is 30.3 Å². The fourth-order valence-corrected chi connectivity index (χ4v) is 3.45. The van der Waals surface area contributed by atoms with E-state index in [9.17, 15) is 19.2 Å². The number of nitrogens with two attached hydrogens (primary N) is 1. The Morgan fingerprint density at radius 1 is 0.969 bits per heavy atom. The van der Waals surface area contributed by atoms with Crippen LogP contribution < -0.4 is 31.4 Å². The summed E-state index contributed by atoms with van der Waals surface area (Å²) in [5.74, 6) is -1.03. The first-order chi connectivity index (χ1) is 15.3. The first kappa shape index (κ1) is 20.7. The highest BCUT2D eigenvalue weighted by Gasteiger charge is 2.31. The number of benzene rings is 2. The normalized spacial score (nSPS) is 12.2. The Labute approximate surface area is 181 Å². The van der Waals surface area contributed by atoms with Crippen LogP contribution in [0.1, 0.15) is 31.1 Å². The summed E-state index contributed by atoms with van der Waals surface area (Å²) in [6.07, 6.45) is 0. The first-order valence-electron chi connectivity index (χ1n) is 9.39. The van der Waals surface area contributed by atoms with Gasteiger partial charge in [-0.3, -0.25) is 29.1 Å². The van der Waals surface area contributed by atoms with Crippen LogP contribution in [0.15, 0.2) is 53.3 Å². The van der Waals surface area contributed by atoms with Gasteiger partial charge in [-0.15, -0.1) is 0 Å². The third kappa shape index (κ3) is 3.43. The Balaban J connectivity index is 1.69. The molecule has 10 nitrogen and oxygen atoms in total. The van der Waals surface area contributed by atoms with E-state index in [1.54, 1.807) is 36.4 Å². The van der Waals surface area contributed by atoms with Gasteiger partial charge in [-0.1, -0.05) is 6.07 Å². The number of fused-ring (bicyclic) bond motifs is 1. The van der Waals surface area contributed by atoms with Crippen molar-refractivity contribution in [1.29, 1.82) is 0 Å². The lowest BCUT2D eigenvalue weighted by atomic mass is 10.1. The molecule has 1 aromatic heterocycles. The number of imide groups is 1. The van der Waals surface area contributed by atoms with Crippen LogP contribution in [0.25, 0.3) is 5.69 Å². The van der Waals surface area contributed by atoms with E-state index < -0.39 is 23.3 Å². The average Bonchev–Trinajstić information content (AvgIpc) is 3.06. The van der Waals surface area contributed by atoms with Gasteiger partial charge in [0, 0.05) is 23.4 Å². The summed E-state index contributed by atoms with van der Waals surface area (Å²) in [7, 11) is 2.99. The number of nitrogens with one attached hydrogen (secondary N) is 2. The number of carbonyl (C=O) groups excluding carboxylic acids is 3. The van der Waals surface area contributed by atoms with Crippen LogP contribution in [-0.4, -0.2) is 36.5 Å². The van der Waals surface area contributed by atoms with Crippen molar-refractivity contribution in [2.24, 2.45) is 0 Å². The van der Waals surface area contributed by atoms with Crippen LogP contribution in [0.5, 0.6) is 11.5 Å². The van der Waals surface area contributed by atoms with Gasteiger partial charge in [0.15, 0.2) is 11.5 Å². The minimum Gasteiger partial charge on any atom is -0.493 e. The molecule has 1 aliphatic heterocycles. The van der Waals surface area contributed by atoms with Crippen LogP contribution in [0.4, 0.5) is 11.5 Å². The van der Waals surface area contributed by atoms with Crippen molar-refractivity contribution in [2.75, 3.05) is 25.3 Å². The summed E-state index contributed by atoms with van der Waals surface area (Å²) in [5.41, 5.74) is 6.28. The van der Waals surface area contributed by atoms with Crippen LogP contribution in [0, 0.1) is 0 Å². The van der Waals surface area contributed by atoms with Gasteiger partial charge < -0.3 is 20.5 Å². The molecule has 0 saturated carbocycles. The summed E-state index contributed by atoms with van der Waals surface area (Å²) in [6.45, 7) is 0. The van der Waals surface area contributed by atoms with E-state index in [0.29, 0.717) is 17.2 Å². The predicted octanol–water partition coefficient (Wildman–Crippen LogP) is 1.57. The molecule has 4 rings (SSSR count). The molecule has 2 heterocycles. The molecular formula is C22H18N4O6. The van der Waals surface area contributed by atoms with E-state index in [-0.39, 0.29) is 28.2 Å². The quantitative estimate of drug-likeness (QED) is 0.518.